The van der Waals surface area contributed by atoms with Gasteiger partial charge in [0.05, 0.1) is 18.6 Å². The quantitative estimate of drug-likeness (QED) is 0.603. The number of carbonyl (C=O) groups is 1. The largest absolute Gasteiger partial charge is 0.477 e. The molecule has 1 aromatic rings. The Hall–Kier alpha value is -2.44. The first-order valence-corrected chi connectivity index (χ1v) is 6.01. The molecule has 1 aromatic carbocycles. The summed E-state index contributed by atoms with van der Waals surface area (Å²) in [5.74, 6) is -0.289. The molecular formula is C13H15N3O4. The highest BCUT2D eigenvalue weighted by atomic mass is 16.6. The number of hydrogen-bond donors (Lipinski definition) is 0. The predicted molar refractivity (Wildman–Crippen MR) is 72.5 cm³/mol. The highest BCUT2D eigenvalue weighted by Crippen LogP contribution is 2.31. The van der Waals surface area contributed by atoms with Crippen molar-refractivity contribution in [2.24, 2.45) is 4.99 Å². The first kappa shape index (κ1) is 14.0. The van der Waals surface area contributed by atoms with E-state index >= 15 is 0 Å². The lowest BCUT2D eigenvalue weighted by atomic mass is 9.90. The summed E-state index contributed by atoms with van der Waals surface area (Å²) < 4.78 is 4.99. The zero-order valence-electron chi connectivity index (χ0n) is 11.5. The molecule has 0 N–H and O–H groups in total. The zero-order chi connectivity index (χ0) is 14.9. The second-order valence-corrected chi connectivity index (χ2v) is 4.86. The minimum absolute atomic E-state index is 0.00237. The number of aliphatic imine (C=N–C) groups is 1. The van der Waals surface area contributed by atoms with Crippen molar-refractivity contribution >= 4 is 17.5 Å². The van der Waals surface area contributed by atoms with Crippen LogP contribution in [-0.2, 0) is 15.1 Å². The van der Waals surface area contributed by atoms with Gasteiger partial charge in [0.2, 0.25) is 0 Å². The molecular weight excluding hydrogens is 262 g/mol. The number of hydrogen-bond acceptors (Lipinski definition) is 5. The molecule has 0 spiro atoms. The van der Waals surface area contributed by atoms with Crippen molar-refractivity contribution in [3.8, 4) is 0 Å². The lowest BCUT2D eigenvalue weighted by molar-refractivity contribution is -0.385. The molecule has 0 saturated carbocycles. The molecule has 7 heteroatoms. The third kappa shape index (κ3) is 2.34. The van der Waals surface area contributed by atoms with Gasteiger partial charge in [-0.15, -0.1) is 0 Å². The average molecular weight is 277 g/mol. The maximum Gasteiger partial charge on any atom is 0.308 e. The van der Waals surface area contributed by atoms with Crippen LogP contribution in [0.2, 0.25) is 0 Å². The van der Waals surface area contributed by atoms with E-state index < -0.39 is 10.5 Å². The molecule has 0 aromatic heterocycles. The average Bonchev–Trinajstić information content (AvgIpc) is 2.43. The van der Waals surface area contributed by atoms with E-state index in [2.05, 4.69) is 4.99 Å². The van der Waals surface area contributed by atoms with Gasteiger partial charge < -0.3 is 9.64 Å². The predicted octanol–water partition coefficient (Wildman–Crippen LogP) is 1.33. The maximum absolute atomic E-state index is 11.8. The van der Waals surface area contributed by atoms with Crippen LogP contribution in [-0.4, -0.2) is 42.3 Å². The van der Waals surface area contributed by atoms with E-state index in [4.69, 9.17) is 4.74 Å². The van der Waals surface area contributed by atoms with Gasteiger partial charge in [-0.2, -0.15) is 0 Å². The van der Waals surface area contributed by atoms with E-state index in [-0.39, 0.29) is 17.5 Å². The Balaban J connectivity index is 2.50. The molecule has 20 heavy (non-hydrogen) atoms. The van der Waals surface area contributed by atoms with E-state index in [1.807, 2.05) is 6.92 Å². The number of amides is 1. The van der Waals surface area contributed by atoms with Gasteiger partial charge in [-0.3, -0.25) is 14.9 Å². The topological polar surface area (TPSA) is 85.0 Å². The van der Waals surface area contributed by atoms with Crippen molar-refractivity contribution in [3.05, 3.63) is 39.9 Å². The number of benzene rings is 1. The number of rotatable bonds is 2. The van der Waals surface area contributed by atoms with Crippen molar-refractivity contribution in [2.45, 2.75) is 12.5 Å². The Kier molecular flexibility index (Phi) is 3.44. The van der Waals surface area contributed by atoms with E-state index in [1.54, 1.807) is 19.2 Å². The minimum Gasteiger partial charge on any atom is -0.477 e. The molecule has 0 radical (unpaired) electrons. The fourth-order valence-electron chi connectivity index (χ4n) is 2.25. The highest BCUT2D eigenvalue weighted by Gasteiger charge is 2.37. The molecule has 0 aliphatic carbocycles. The van der Waals surface area contributed by atoms with Crippen LogP contribution < -0.4 is 0 Å². The molecule has 0 bridgehead atoms. The molecule has 0 saturated heterocycles. The normalized spacial score (nSPS) is 22.4. The fraction of sp³-hybridized carbons (Fsp3) is 0.385. The third-order valence-electron chi connectivity index (χ3n) is 3.30. The Bertz CT molecular complexity index is 599. The van der Waals surface area contributed by atoms with Crippen LogP contribution in [0.3, 0.4) is 0 Å². The summed E-state index contributed by atoms with van der Waals surface area (Å²) in [6.07, 6.45) is 0. The molecule has 1 atom stereocenters. The maximum atomic E-state index is 11.8. The molecule has 1 heterocycles. The van der Waals surface area contributed by atoms with Crippen molar-refractivity contribution in [2.75, 3.05) is 20.7 Å². The number of nitrogens with zero attached hydrogens (tertiary/aromatic N) is 3. The molecule has 1 unspecified atom stereocenters. The standard InChI is InChI=1S/C13H15N3O4/c1-13(8-15(2)12(17)11(14-13)20-3)9-5-4-6-10(7-9)16(18)19/h4-7H,8H2,1-3H3. The van der Waals surface area contributed by atoms with Crippen LogP contribution in [0, 0.1) is 10.1 Å². The van der Waals surface area contributed by atoms with E-state index in [0.717, 1.165) is 0 Å². The molecule has 0 fully saturated rings. The highest BCUT2D eigenvalue weighted by molar-refractivity contribution is 6.35. The van der Waals surface area contributed by atoms with Crippen molar-refractivity contribution in [1.82, 2.24) is 4.90 Å². The summed E-state index contributed by atoms with van der Waals surface area (Å²) in [6, 6.07) is 6.26. The summed E-state index contributed by atoms with van der Waals surface area (Å²) in [5, 5.41) is 10.9. The van der Waals surface area contributed by atoms with E-state index in [0.29, 0.717) is 12.1 Å². The first-order chi connectivity index (χ1) is 9.37. The van der Waals surface area contributed by atoms with Crippen LogP contribution >= 0.6 is 0 Å². The van der Waals surface area contributed by atoms with Gasteiger partial charge in [-0.1, -0.05) is 12.1 Å². The number of nitro benzene ring substituents is 1. The van der Waals surface area contributed by atoms with Crippen LogP contribution in [0.5, 0.6) is 0 Å². The Morgan fingerprint density at radius 3 is 2.80 bits per heavy atom. The lowest BCUT2D eigenvalue weighted by Crippen LogP contribution is -2.48. The molecule has 1 amide bonds. The monoisotopic (exact) mass is 277 g/mol. The number of ether oxygens (including phenoxy) is 1. The Labute approximate surface area is 116 Å². The van der Waals surface area contributed by atoms with Crippen molar-refractivity contribution < 1.29 is 14.5 Å². The molecule has 1 aliphatic rings. The first-order valence-electron chi connectivity index (χ1n) is 6.01. The van der Waals surface area contributed by atoms with Gasteiger partial charge in [-0.05, 0) is 12.5 Å². The molecule has 1 aliphatic heterocycles. The van der Waals surface area contributed by atoms with Crippen LogP contribution in [0.25, 0.3) is 0 Å². The number of nitro groups is 1. The zero-order valence-corrected chi connectivity index (χ0v) is 11.5. The summed E-state index contributed by atoms with van der Waals surface area (Å²) in [7, 11) is 3.02. The second kappa shape index (κ2) is 4.92. The smallest absolute Gasteiger partial charge is 0.308 e. The minimum atomic E-state index is -0.764. The molecule has 7 nitrogen and oxygen atoms in total. The Morgan fingerprint density at radius 2 is 2.20 bits per heavy atom. The van der Waals surface area contributed by atoms with E-state index in [1.165, 1.54) is 24.1 Å². The Morgan fingerprint density at radius 1 is 1.50 bits per heavy atom. The SMILES string of the molecule is COC1=NC(C)(c2cccc([N+](=O)[O-])c2)CN(C)C1=O. The van der Waals surface area contributed by atoms with Gasteiger partial charge in [0.15, 0.2) is 0 Å². The number of likely N-dealkylation sites (N-methyl/N-ethyl adjacent to an activating group) is 1. The van der Waals surface area contributed by atoms with Gasteiger partial charge in [0, 0.05) is 19.2 Å². The third-order valence-corrected chi connectivity index (χ3v) is 3.30. The molecule has 106 valence electrons. The van der Waals surface area contributed by atoms with Gasteiger partial charge in [0.25, 0.3) is 11.6 Å². The van der Waals surface area contributed by atoms with Gasteiger partial charge in [-0.25, -0.2) is 4.99 Å². The number of non-ortho nitro benzene ring substituents is 1. The second-order valence-electron chi connectivity index (χ2n) is 4.86. The van der Waals surface area contributed by atoms with E-state index in [9.17, 15) is 14.9 Å². The molecule has 2 rings (SSSR count). The van der Waals surface area contributed by atoms with Crippen molar-refractivity contribution in [1.29, 1.82) is 0 Å². The number of carbonyl (C=O) groups excluding carboxylic acids is 1. The van der Waals surface area contributed by atoms with Gasteiger partial charge >= 0.3 is 5.91 Å². The summed E-state index contributed by atoms with van der Waals surface area (Å²) >= 11 is 0. The lowest BCUT2D eigenvalue weighted by Gasteiger charge is -2.35. The summed E-state index contributed by atoms with van der Waals surface area (Å²) in [5.41, 5.74) is -0.0990. The van der Waals surface area contributed by atoms with Crippen LogP contribution in [0.1, 0.15) is 12.5 Å². The fourth-order valence-corrected chi connectivity index (χ4v) is 2.25. The van der Waals surface area contributed by atoms with Crippen LogP contribution in [0.4, 0.5) is 5.69 Å². The van der Waals surface area contributed by atoms with Gasteiger partial charge in [0.1, 0.15) is 5.54 Å². The summed E-state index contributed by atoms with van der Waals surface area (Å²) in [4.78, 5) is 28.0. The summed E-state index contributed by atoms with van der Waals surface area (Å²) in [6.45, 7) is 2.15. The number of methoxy groups -OCH3 is 1. The van der Waals surface area contributed by atoms with Crippen molar-refractivity contribution in [3.63, 3.8) is 0 Å². The van der Waals surface area contributed by atoms with Crippen LogP contribution in [0.15, 0.2) is 29.3 Å².